The van der Waals surface area contributed by atoms with E-state index < -0.39 is 5.41 Å². The van der Waals surface area contributed by atoms with Crippen molar-refractivity contribution in [2.24, 2.45) is 16.4 Å². The fraction of sp³-hybridized carbons (Fsp3) is 0.647. The summed E-state index contributed by atoms with van der Waals surface area (Å²) in [6, 6.07) is 0.375. The molecule has 1 aliphatic carbocycles. The largest absolute Gasteiger partial charge is 0.382 e. The van der Waals surface area contributed by atoms with Crippen LogP contribution in [0.3, 0.4) is 0 Å². The van der Waals surface area contributed by atoms with Gasteiger partial charge in [-0.05, 0) is 38.2 Å². The van der Waals surface area contributed by atoms with E-state index in [1.54, 1.807) is 14.0 Å². The van der Waals surface area contributed by atoms with Gasteiger partial charge < -0.3 is 4.74 Å². The lowest BCUT2D eigenvalue weighted by molar-refractivity contribution is -0.124. The van der Waals surface area contributed by atoms with Gasteiger partial charge in [0, 0.05) is 13.7 Å². The van der Waals surface area contributed by atoms with Gasteiger partial charge in [0.15, 0.2) is 0 Å². The lowest BCUT2D eigenvalue weighted by Gasteiger charge is -2.33. The Morgan fingerprint density at radius 1 is 1.62 bits per heavy atom. The number of carbonyl (C=O) groups excluding carboxylic acids is 1. The van der Waals surface area contributed by atoms with Crippen LogP contribution >= 0.6 is 0 Å². The molecule has 2 rings (SSSR count). The molecule has 3 atom stereocenters. The molecular formula is C17H26N2O2. The van der Waals surface area contributed by atoms with Gasteiger partial charge in [0.2, 0.25) is 0 Å². The number of hydrazone groups is 1. The Kier molecular flexibility index (Phi) is 4.99. The van der Waals surface area contributed by atoms with E-state index in [2.05, 4.69) is 23.1 Å². The van der Waals surface area contributed by atoms with Crippen molar-refractivity contribution in [1.29, 1.82) is 0 Å². The molecule has 1 saturated heterocycles. The van der Waals surface area contributed by atoms with E-state index >= 15 is 0 Å². The second-order valence-corrected chi connectivity index (χ2v) is 6.25. The highest BCUT2D eigenvalue weighted by Gasteiger charge is 2.36. The first kappa shape index (κ1) is 16.0. The quantitative estimate of drug-likeness (QED) is 0.731. The van der Waals surface area contributed by atoms with E-state index in [0.717, 1.165) is 31.6 Å². The van der Waals surface area contributed by atoms with Crippen LogP contribution < -0.4 is 0 Å². The van der Waals surface area contributed by atoms with Crippen molar-refractivity contribution in [3.8, 4) is 0 Å². The zero-order valence-corrected chi connectivity index (χ0v) is 13.5. The van der Waals surface area contributed by atoms with Gasteiger partial charge in [-0.3, -0.25) is 9.80 Å². The van der Waals surface area contributed by atoms with Crippen molar-refractivity contribution in [2.75, 3.05) is 20.3 Å². The Labute approximate surface area is 127 Å². The van der Waals surface area contributed by atoms with E-state index in [1.807, 2.05) is 25.3 Å². The third-order valence-electron chi connectivity index (χ3n) is 4.95. The Bertz CT molecular complexity index is 481. The topological polar surface area (TPSA) is 41.9 Å². The first-order chi connectivity index (χ1) is 9.99. The molecule has 0 spiro atoms. The maximum atomic E-state index is 11.9. The van der Waals surface area contributed by atoms with Crippen molar-refractivity contribution in [1.82, 2.24) is 5.01 Å². The van der Waals surface area contributed by atoms with Crippen LogP contribution in [-0.4, -0.2) is 43.3 Å². The molecule has 0 N–H and O–H groups in total. The van der Waals surface area contributed by atoms with Crippen LogP contribution in [0.5, 0.6) is 0 Å². The fourth-order valence-corrected chi connectivity index (χ4v) is 3.05. The first-order valence-corrected chi connectivity index (χ1v) is 7.69. The van der Waals surface area contributed by atoms with Gasteiger partial charge in [-0.2, -0.15) is 5.10 Å². The molecule has 1 heterocycles. The molecule has 0 aromatic rings. The number of hydrogen-bond acceptors (Lipinski definition) is 4. The summed E-state index contributed by atoms with van der Waals surface area (Å²) in [7, 11) is 1.73. The van der Waals surface area contributed by atoms with Crippen molar-refractivity contribution < 1.29 is 9.53 Å². The Morgan fingerprint density at radius 3 is 3.05 bits per heavy atom. The monoisotopic (exact) mass is 290 g/mol. The molecule has 0 aromatic heterocycles. The average Bonchev–Trinajstić information content (AvgIpc) is 2.88. The van der Waals surface area contributed by atoms with E-state index in [-0.39, 0.29) is 11.7 Å². The average molecular weight is 290 g/mol. The van der Waals surface area contributed by atoms with E-state index in [1.165, 1.54) is 0 Å². The summed E-state index contributed by atoms with van der Waals surface area (Å²) in [6.07, 6.45) is 10.2. The molecule has 1 aliphatic heterocycles. The van der Waals surface area contributed by atoms with E-state index in [4.69, 9.17) is 4.74 Å². The minimum atomic E-state index is -0.424. The maximum absolute atomic E-state index is 11.9. The number of Topliss-reactive ketones (excluding diaryl/α,β-unsaturated/α-hetero) is 1. The zero-order chi connectivity index (χ0) is 15.5. The van der Waals surface area contributed by atoms with Crippen molar-refractivity contribution >= 4 is 12.0 Å². The van der Waals surface area contributed by atoms with Gasteiger partial charge in [-0.15, -0.1) is 0 Å². The predicted molar refractivity (Wildman–Crippen MR) is 85.3 cm³/mol. The number of ketones is 1. The van der Waals surface area contributed by atoms with Gasteiger partial charge in [0.25, 0.3) is 0 Å². The van der Waals surface area contributed by atoms with E-state index in [0.29, 0.717) is 6.04 Å². The predicted octanol–water partition coefficient (Wildman–Crippen LogP) is 2.81. The normalized spacial score (nSPS) is 32.8. The molecule has 21 heavy (non-hydrogen) atoms. The molecule has 0 amide bonds. The van der Waals surface area contributed by atoms with Crippen LogP contribution in [0.15, 0.2) is 28.9 Å². The smallest absolute Gasteiger partial charge is 0.140 e. The third kappa shape index (κ3) is 3.26. The van der Waals surface area contributed by atoms with E-state index in [9.17, 15) is 4.79 Å². The first-order valence-electron chi connectivity index (χ1n) is 7.69. The van der Waals surface area contributed by atoms with Crippen molar-refractivity contribution in [3.63, 3.8) is 0 Å². The van der Waals surface area contributed by atoms with Crippen LogP contribution in [0.2, 0.25) is 0 Å². The van der Waals surface area contributed by atoms with Crippen LogP contribution in [0.25, 0.3) is 0 Å². The molecule has 0 bridgehead atoms. The molecule has 1 fully saturated rings. The number of hydrogen-bond donors (Lipinski definition) is 0. The molecule has 4 heteroatoms. The minimum absolute atomic E-state index is 0.146. The molecule has 116 valence electrons. The molecule has 2 aliphatic rings. The second kappa shape index (κ2) is 6.56. The fourth-order valence-electron chi connectivity index (χ4n) is 3.05. The summed E-state index contributed by atoms with van der Waals surface area (Å²) in [5, 5.41) is 6.75. The lowest BCUT2D eigenvalue weighted by atomic mass is 9.69. The summed E-state index contributed by atoms with van der Waals surface area (Å²) in [5.74, 6) is 0.343. The van der Waals surface area contributed by atoms with Crippen molar-refractivity contribution in [2.45, 2.75) is 39.7 Å². The van der Waals surface area contributed by atoms with Crippen LogP contribution in [0.4, 0.5) is 0 Å². The molecular weight excluding hydrogens is 264 g/mol. The molecule has 0 saturated carbocycles. The Morgan fingerprint density at radius 2 is 2.38 bits per heavy atom. The third-order valence-corrected chi connectivity index (χ3v) is 4.95. The molecule has 0 aromatic carbocycles. The van der Waals surface area contributed by atoms with Gasteiger partial charge in [0.1, 0.15) is 5.78 Å². The van der Waals surface area contributed by atoms with Gasteiger partial charge >= 0.3 is 0 Å². The van der Waals surface area contributed by atoms with Gasteiger partial charge in [-0.1, -0.05) is 25.2 Å². The summed E-state index contributed by atoms with van der Waals surface area (Å²) in [5.41, 5.74) is 0.686. The van der Waals surface area contributed by atoms with Gasteiger partial charge in [-0.25, -0.2) is 0 Å². The number of allylic oxidation sites excluding steroid dienone is 4. The second-order valence-electron chi connectivity index (χ2n) is 6.25. The number of ether oxygens (including phenoxy) is 1. The summed E-state index contributed by atoms with van der Waals surface area (Å²) >= 11 is 0. The van der Waals surface area contributed by atoms with Crippen LogP contribution in [0, 0.1) is 11.3 Å². The number of nitrogens with zero attached hydrogens (tertiary/aromatic N) is 2. The molecule has 0 radical (unpaired) electrons. The summed E-state index contributed by atoms with van der Waals surface area (Å²) in [4.78, 5) is 11.9. The minimum Gasteiger partial charge on any atom is -0.382 e. The number of methoxy groups -OCH3 is 1. The highest BCUT2D eigenvalue weighted by molar-refractivity contribution is 5.89. The summed E-state index contributed by atoms with van der Waals surface area (Å²) < 4.78 is 5.25. The SMILES string of the molecule is COC[C@@H]1CCCN1/N=C/C1=CC=C[C@](C)(C(C)=O)[C@@H]1C. The summed E-state index contributed by atoms with van der Waals surface area (Å²) in [6.45, 7) is 7.46. The standard InChI is InChI=1S/C17H26N2O2/c1-13-15(7-5-9-17(13,3)14(2)20)11-18-19-10-6-8-16(19)12-21-4/h5,7,9,11,13,16H,6,8,10,12H2,1-4H3/b18-11+/t13-,16+,17+/m1/s1. The number of rotatable bonds is 5. The zero-order valence-electron chi connectivity index (χ0n) is 13.5. The highest BCUT2D eigenvalue weighted by Crippen LogP contribution is 2.37. The highest BCUT2D eigenvalue weighted by atomic mass is 16.5. The van der Waals surface area contributed by atoms with Crippen LogP contribution in [-0.2, 0) is 9.53 Å². The van der Waals surface area contributed by atoms with Gasteiger partial charge in [0.05, 0.1) is 24.3 Å². The van der Waals surface area contributed by atoms with Crippen LogP contribution in [0.1, 0.15) is 33.6 Å². The lowest BCUT2D eigenvalue weighted by Crippen LogP contribution is -2.34. The molecule has 4 nitrogen and oxygen atoms in total. The Balaban J connectivity index is 2.09. The number of carbonyl (C=O) groups is 1. The maximum Gasteiger partial charge on any atom is 0.140 e. The Hall–Kier alpha value is -1.42. The van der Waals surface area contributed by atoms with Crippen molar-refractivity contribution in [3.05, 3.63) is 23.8 Å². The molecule has 0 unspecified atom stereocenters.